The molecule has 30 heavy (non-hydrogen) atoms. The Labute approximate surface area is 182 Å². The highest BCUT2D eigenvalue weighted by molar-refractivity contribution is 7.13. The zero-order valence-corrected chi connectivity index (χ0v) is 18.4. The van der Waals surface area contributed by atoms with Gasteiger partial charge in [0.05, 0.1) is 5.69 Å². The number of benzene rings is 1. The third kappa shape index (κ3) is 5.11. The van der Waals surface area contributed by atoms with Crippen molar-refractivity contribution in [3.05, 3.63) is 40.9 Å². The van der Waals surface area contributed by atoms with Crippen LogP contribution in [0.5, 0.6) is 0 Å². The number of nitrogens with one attached hydrogen (secondary N) is 2. The minimum atomic E-state index is 0.221. The molecule has 1 aromatic carbocycles. The molecule has 1 amide bonds. The Kier molecular flexibility index (Phi) is 6.84. The molecule has 2 fully saturated rings. The third-order valence-corrected chi connectivity index (χ3v) is 6.55. The van der Waals surface area contributed by atoms with Gasteiger partial charge in [0.2, 0.25) is 5.91 Å². The van der Waals surface area contributed by atoms with Crippen molar-refractivity contribution in [1.82, 2.24) is 15.6 Å². The minimum absolute atomic E-state index is 0.221. The van der Waals surface area contributed by atoms with Crippen LogP contribution in [0, 0.1) is 0 Å². The van der Waals surface area contributed by atoms with Gasteiger partial charge in [-0.25, -0.2) is 4.98 Å². The van der Waals surface area contributed by atoms with E-state index < -0.39 is 0 Å². The highest BCUT2D eigenvalue weighted by Crippen LogP contribution is 2.24. The first-order chi connectivity index (χ1) is 14.7. The van der Waals surface area contributed by atoms with Crippen molar-refractivity contribution in [2.24, 2.45) is 4.99 Å². The van der Waals surface area contributed by atoms with E-state index in [0.717, 1.165) is 67.1 Å². The molecule has 3 heterocycles. The van der Waals surface area contributed by atoms with E-state index >= 15 is 0 Å². The van der Waals surface area contributed by atoms with Crippen molar-refractivity contribution in [2.45, 2.75) is 38.6 Å². The topological polar surface area (TPSA) is 72.9 Å². The molecule has 0 bridgehead atoms. The largest absolute Gasteiger partial charge is 0.356 e. The minimum Gasteiger partial charge on any atom is -0.356 e. The van der Waals surface area contributed by atoms with Crippen LogP contribution in [0.3, 0.4) is 0 Å². The summed E-state index contributed by atoms with van der Waals surface area (Å²) in [5.74, 6) is 1.00. The van der Waals surface area contributed by atoms with E-state index in [1.54, 1.807) is 18.4 Å². The van der Waals surface area contributed by atoms with Gasteiger partial charge in [0.25, 0.3) is 0 Å². The van der Waals surface area contributed by atoms with E-state index in [9.17, 15) is 4.79 Å². The van der Waals surface area contributed by atoms with Crippen LogP contribution in [-0.4, -0.2) is 50.1 Å². The first-order valence-corrected chi connectivity index (χ1v) is 11.6. The first kappa shape index (κ1) is 20.7. The van der Waals surface area contributed by atoms with Crippen molar-refractivity contribution < 1.29 is 4.79 Å². The number of guanidine groups is 1. The zero-order chi connectivity index (χ0) is 20.8. The lowest BCUT2D eigenvalue weighted by molar-refractivity contribution is -0.117. The molecule has 8 heteroatoms. The van der Waals surface area contributed by atoms with E-state index in [-0.39, 0.29) is 5.91 Å². The molecule has 4 rings (SSSR count). The second-order valence-corrected chi connectivity index (χ2v) is 8.57. The molecule has 2 aliphatic heterocycles. The van der Waals surface area contributed by atoms with Gasteiger partial charge in [0.1, 0.15) is 0 Å². The zero-order valence-electron chi connectivity index (χ0n) is 17.6. The molecule has 2 aromatic rings. The Bertz CT molecular complexity index is 872. The highest BCUT2D eigenvalue weighted by atomic mass is 32.1. The second kappa shape index (κ2) is 9.93. The fourth-order valence-electron chi connectivity index (χ4n) is 3.90. The summed E-state index contributed by atoms with van der Waals surface area (Å²) in [5, 5.41) is 10.0. The Morgan fingerprint density at radius 3 is 2.63 bits per heavy atom. The Balaban J connectivity index is 1.21. The van der Waals surface area contributed by atoms with Crippen LogP contribution in [-0.2, 0) is 17.8 Å². The number of hydrogen-bond acceptors (Lipinski definition) is 5. The Hall–Kier alpha value is -2.61. The van der Waals surface area contributed by atoms with Crippen molar-refractivity contribution in [3.63, 3.8) is 0 Å². The van der Waals surface area contributed by atoms with Gasteiger partial charge >= 0.3 is 0 Å². The van der Waals surface area contributed by atoms with Crippen LogP contribution >= 0.6 is 11.3 Å². The van der Waals surface area contributed by atoms with Crippen molar-refractivity contribution in [2.75, 3.05) is 43.0 Å². The van der Waals surface area contributed by atoms with Crippen molar-refractivity contribution in [3.8, 4) is 0 Å². The number of thiazole rings is 1. The van der Waals surface area contributed by atoms with Crippen LogP contribution in [0.2, 0.25) is 0 Å². The van der Waals surface area contributed by atoms with E-state index in [1.165, 1.54) is 12.8 Å². The quantitative estimate of drug-likeness (QED) is 0.526. The summed E-state index contributed by atoms with van der Waals surface area (Å²) in [7, 11) is 1.78. The number of aromatic nitrogens is 1. The summed E-state index contributed by atoms with van der Waals surface area (Å²) in [4.78, 5) is 25.2. The van der Waals surface area contributed by atoms with E-state index in [2.05, 4.69) is 38.0 Å². The monoisotopic (exact) mass is 426 g/mol. The first-order valence-electron chi connectivity index (χ1n) is 10.8. The van der Waals surface area contributed by atoms with Crippen LogP contribution in [0.4, 0.5) is 10.8 Å². The fourth-order valence-corrected chi connectivity index (χ4v) is 4.81. The molecule has 2 saturated heterocycles. The number of carbonyl (C=O) groups excluding carboxylic acids is 1. The summed E-state index contributed by atoms with van der Waals surface area (Å²) < 4.78 is 0. The predicted molar refractivity (Wildman–Crippen MR) is 123 cm³/mol. The Morgan fingerprint density at radius 2 is 1.93 bits per heavy atom. The standard InChI is InChI=1S/C22H30N6OS/c1-23-21(24-11-10-18-16-30-22(26-18)27-12-2-3-13-27)25-15-17-6-8-19(9-7-17)28-14-4-5-20(28)29/h6-9,16H,2-5,10-15H2,1H3,(H2,23,24,25). The number of hydrogen-bond donors (Lipinski definition) is 2. The van der Waals surface area contributed by atoms with Crippen LogP contribution in [0.25, 0.3) is 0 Å². The number of amides is 1. The smallest absolute Gasteiger partial charge is 0.227 e. The maximum atomic E-state index is 11.9. The molecule has 0 radical (unpaired) electrons. The summed E-state index contributed by atoms with van der Waals surface area (Å²) >= 11 is 1.75. The van der Waals surface area contributed by atoms with Crippen molar-refractivity contribution in [1.29, 1.82) is 0 Å². The van der Waals surface area contributed by atoms with Gasteiger partial charge in [-0.1, -0.05) is 12.1 Å². The van der Waals surface area contributed by atoms with E-state index in [0.29, 0.717) is 13.0 Å². The summed E-state index contributed by atoms with van der Waals surface area (Å²) in [6, 6.07) is 8.18. The van der Waals surface area contributed by atoms with Crippen molar-refractivity contribution >= 4 is 34.0 Å². The van der Waals surface area contributed by atoms with Gasteiger partial charge in [0, 0.05) is 63.7 Å². The van der Waals surface area contributed by atoms with E-state index in [4.69, 9.17) is 4.98 Å². The summed E-state index contributed by atoms with van der Waals surface area (Å²) in [6.45, 7) is 4.57. The van der Waals surface area contributed by atoms with Crippen LogP contribution in [0.1, 0.15) is 36.9 Å². The summed E-state index contributed by atoms with van der Waals surface area (Å²) in [6.07, 6.45) is 5.04. The molecule has 2 N–H and O–H groups in total. The molecule has 2 aliphatic rings. The van der Waals surface area contributed by atoms with E-state index in [1.807, 2.05) is 17.0 Å². The van der Waals surface area contributed by atoms with Gasteiger partial charge in [-0.05, 0) is 37.0 Å². The lowest BCUT2D eigenvalue weighted by Crippen LogP contribution is -2.37. The lowest BCUT2D eigenvalue weighted by atomic mass is 10.2. The van der Waals surface area contributed by atoms with Crippen LogP contribution in [0.15, 0.2) is 34.6 Å². The number of anilines is 2. The lowest BCUT2D eigenvalue weighted by Gasteiger charge is -2.16. The Morgan fingerprint density at radius 1 is 1.13 bits per heavy atom. The van der Waals surface area contributed by atoms with Crippen LogP contribution < -0.4 is 20.4 Å². The highest BCUT2D eigenvalue weighted by Gasteiger charge is 2.21. The third-order valence-electron chi connectivity index (χ3n) is 5.59. The molecule has 0 saturated carbocycles. The molecule has 7 nitrogen and oxygen atoms in total. The molecular formula is C22H30N6OS. The van der Waals surface area contributed by atoms with Gasteiger partial charge in [-0.3, -0.25) is 9.79 Å². The molecular weight excluding hydrogens is 396 g/mol. The SMILES string of the molecule is CN=C(NCCc1csc(N2CCCC2)n1)NCc1ccc(N2CCCC2=O)cc1. The maximum Gasteiger partial charge on any atom is 0.227 e. The summed E-state index contributed by atoms with van der Waals surface area (Å²) in [5.41, 5.74) is 3.28. The van der Waals surface area contributed by atoms with Gasteiger partial charge in [0.15, 0.2) is 11.1 Å². The predicted octanol–water partition coefficient (Wildman–Crippen LogP) is 2.78. The molecule has 160 valence electrons. The average Bonchev–Trinajstić information content (AvgIpc) is 3.52. The molecule has 0 spiro atoms. The second-order valence-electron chi connectivity index (χ2n) is 7.73. The number of carbonyl (C=O) groups is 1. The number of nitrogens with zero attached hydrogens (tertiary/aromatic N) is 4. The average molecular weight is 427 g/mol. The number of rotatable bonds is 7. The van der Waals surface area contributed by atoms with Gasteiger partial charge < -0.3 is 20.4 Å². The molecule has 0 atom stereocenters. The fraction of sp³-hybridized carbons (Fsp3) is 0.500. The van der Waals surface area contributed by atoms with Gasteiger partial charge in [-0.2, -0.15) is 0 Å². The number of aliphatic imine (C=N–C) groups is 1. The molecule has 0 aliphatic carbocycles. The van der Waals surface area contributed by atoms with Gasteiger partial charge in [-0.15, -0.1) is 11.3 Å². The normalized spacial score (nSPS) is 17.1. The maximum absolute atomic E-state index is 11.9. The molecule has 0 unspecified atom stereocenters. The molecule has 1 aromatic heterocycles.